The first-order valence-electron chi connectivity index (χ1n) is 13.0. The highest BCUT2D eigenvalue weighted by Gasteiger charge is 2.22. The molecule has 2 aromatic carbocycles. The van der Waals surface area contributed by atoms with Gasteiger partial charge in [0.05, 0.1) is 47.3 Å². The summed E-state index contributed by atoms with van der Waals surface area (Å²) in [6.45, 7) is 1.92. The first-order valence-corrected chi connectivity index (χ1v) is 13.8. The smallest absolute Gasteiger partial charge is 0.273 e. The fourth-order valence-corrected chi connectivity index (χ4v) is 5.47. The first-order chi connectivity index (χ1) is 20.5. The van der Waals surface area contributed by atoms with Gasteiger partial charge in [-0.3, -0.25) is 9.36 Å². The molecular formula is C30H26N8O3S. The Morgan fingerprint density at radius 1 is 0.929 bits per heavy atom. The molecule has 0 saturated heterocycles. The van der Waals surface area contributed by atoms with Crippen LogP contribution in [0.1, 0.15) is 18.8 Å². The third kappa shape index (κ3) is 4.99. The fourth-order valence-electron chi connectivity index (χ4n) is 4.73. The third-order valence-corrected chi connectivity index (χ3v) is 7.66. The van der Waals surface area contributed by atoms with Crippen LogP contribution >= 0.6 is 11.3 Å². The summed E-state index contributed by atoms with van der Waals surface area (Å²) in [7, 11) is 3.12. The van der Waals surface area contributed by atoms with Crippen LogP contribution in [0.2, 0.25) is 0 Å². The Labute approximate surface area is 244 Å². The van der Waals surface area contributed by atoms with Gasteiger partial charge in [0.15, 0.2) is 0 Å². The summed E-state index contributed by atoms with van der Waals surface area (Å²) in [5, 5.41) is 4.41. The number of anilines is 2. The molecule has 0 radical (unpaired) electrons. The van der Waals surface area contributed by atoms with Gasteiger partial charge in [0.25, 0.3) is 10.8 Å². The van der Waals surface area contributed by atoms with Crippen molar-refractivity contribution in [3.63, 3.8) is 0 Å². The molecule has 11 nitrogen and oxygen atoms in total. The van der Waals surface area contributed by atoms with Crippen molar-refractivity contribution in [1.29, 1.82) is 0 Å². The highest BCUT2D eigenvalue weighted by molar-refractivity contribution is 7.16. The highest BCUT2D eigenvalue weighted by atomic mass is 32.1. The topological polar surface area (TPSA) is 143 Å². The van der Waals surface area contributed by atoms with Gasteiger partial charge in [-0.25, -0.2) is 19.9 Å². The van der Waals surface area contributed by atoms with Gasteiger partial charge < -0.3 is 20.5 Å². The number of aromatic nitrogens is 6. The van der Waals surface area contributed by atoms with E-state index in [-0.39, 0.29) is 11.5 Å². The molecular weight excluding hydrogens is 552 g/mol. The van der Waals surface area contributed by atoms with Crippen LogP contribution in [0.3, 0.4) is 0 Å². The van der Waals surface area contributed by atoms with E-state index in [0.717, 1.165) is 16.0 Å². The molecule has 4 heterocycles. The molecule has 0 aliphatic rings. The normalized spacial score (nSPS) is 11.8. The van der Waals surface area contributed by atoms with Gasteiger partial charge in [-0.2, -0.15) is 4.98 Å². The number of fused-ring (bicyclic) bond motifs is 1. The van der Waals surface area contributed by atoms with E-state index in [2.05, 4.69) is 25.3 Å². The average molecular weight is 579 g/mol. The van der Waals surface area contributed by atoms with E-state index >= 15 is 0 Å². The predicted octanol–water partition coefficient (Wildman–Crippen LogP) is 5.13. The van der Waals surface area contributed by atoms with Gasteiger partial charge in [-0.1, -0.05) is 41.7 Å². The number of rotatable bonds is 8. The van der Waals surface area contributed by atoms with Crippen molar-refractivity contribution in [3.8, 4) is 38.3 Å². The number of nitrogens with two attached hydrogens (primary N) is 1. The van der Waals surface area contributed by atoms with Gasteiger partial charge in [-0.15, -0.1) is 0 Å². The molecule has 0 bridgehead atoms. The number of benzene rings is 2. The lowest BCUT2D eigenvalue weighted by molar-refractivity contribution is 0.398. The van der Waals surface area contributed by atoms with Crippen molar-refractivity contribution >= 4 is 34.0 Å². The van der Waals surface area contributed by atoms with Crippen molar-refractivity contribution in [2.45, 2.75) is 13.0 Å². The van der Waals surface area contributed by atoms with E-state index in [0.29, 0.717) is 44.9 Å². The predicted molar refractivity (Wildman–Crippen MR) is 163 cm³/mol. The van der Waals surface area contributed by atoms with E-state index in [1.54, 1.807) is 43.4 Å². The number of nitrogen functional groups attached to an aromatic ring is 1. The number of pyridine rings is 1. The second kappa shape index (κ2) is 11.3. The van der Waals surface area contributed by atoms with Crippen LogP contribution in [0.5, 0.6) is 11.1 Å². The van der Waals surface area contributed by atoms with Crippen LogP contribution in [0.25, 0.3) is 38.2 Å². The molecule has 1 atom stereocenters. The molecule has 4 aromatic heterocycles. The molecule has 0 unspecified atom stereocenters. The first kappa shape index (κ1) is 26.8. The lowest BCUT2D eigenvalue weighted by Crippen LogP contribution is -2.28. The molecule has 3 N–H and O–H groups in total. The summed E-state index contributed by atoms with van der Waals surface area (Å²) in [6, 6.07) is 18.2. The van der Waals surface area contributed by atoms with Crippen LogP contribution in [0.4, 0.5) is 11.8 Å². The van der Waals surface area contributed by atoms with Gasteiger partial charge in [0.1, 0.15) is 11.6 Å². The second-order valence-electron chi connectivity index (χ2n) is 9.28. The number of methoxy groups -OCH3 is 2. The standard InChI is InChI=1S/C30H26N8O3S/c1-17(35-26-21(15-33-29(31)37-26)23-16-34-30(41-3)42-23)27-36-22-11-7-10-20(18-12-13-32-24(14-18)40-2)25(22)28(39)38(27)19-8-5-4-6-9-19/h4-17H,1-3H3,(H3,31,33,35,37)/t17-/m1/s1. The van der Waals surface area contributed by atoms with Crippen LogP contribution in [0, 0.1) is 0 Å². The Balaban J connectivity index is 1.52. The molecule has 6 aromatic rings. The highest BCUT2D eigenvalue weighted by Crippen LogP contribution is 2.36. The Bertz CT molecular complexity index is 1960. The molecule has 210 valence electrons. The minimum atomic E-state index is -0.477. The zero-order valence-electron chi connectivity index (χ0n) is 23.0. The van der Waals surface area contributed by atoms with Crippen molar-refractivity contribution < 1.29 is 9.47 Å². The number of hydrogen-bond acceptors (Lipinski definition) is 11. The van der Waals surface area contributed by atoms with Gasteiger partial charge in [0, 0.05) is 24.7 Å². The van der Waals surface area contributed by atoms with E-state index in [1.165, 1.54) is 11.3 Å². The van der Waals surface area contributed by atoms with Crippen LogP contribution in [0.15, 0.2) is 84.0 Å². The molecule has 0 aliphatic heterocycles. The molecule has 6 rings (SSSR count). The Hall–Kier alpha value is -5.36. The maximum absolute atomic E-state index is 14.4. The Morgan fingerprint density at radius 2 is 1.76 bits per heavy atom. The van der Waals surface area contributed by atoms with Crippen LogP contribution in [-0.4, -0.2) is 43.7 Å². The minimum absolute atomic E-state index is 0.106. The summed E-state index contributed by atoms with van der Waals surface area (Å²) in [5.74, 6) is 1.53. The van der Waals surface area contributed by atoms with E-state index in [9.17, 15) is 4.79 Å². The maximum Gasteiger partial charge on any atom is 0.273 e. The largest absolute Gasteiger partial charge is 0.481 e. The number of nitrogens with zero attached hydrogens (tertiary/aromatic N) is 6. The third-order valence-electron chi connectivity index (χ3n) is 6.67. The minimum Gasteiger partial charge on any atom is -0.481 e. The van der Waals surface area contributed by atoms with Crippen molar-refractivity contribution in [2.24, 2.45) is 0 Å². The lowest BCUT2D eigenvalue weighted by Gasteiger charge is -2.21. The number of hydrogen-bond donors (Lipinski definition) is 2. The summed E-state index contributed by atoms with van der Waals surface area (Å²) < 4.78 is 12.2. The number of ether oxygens (including phenoxy) is 2. The quantitative estimate of drug-likeness (QED) is 0.249. The van der Waals surface area contributed by atoms with Gasteiger partial charge >= 0.3 is 0 Å². The maximum atomic E-state index is 14.4. The Kier molecular flexibility index (Phi) is 7.19. The monoisotopic (exact) mass is 578 g/mol. The van der Waals surface area contributed by atoms with Crippen LogP contribution in [-0.2, 0) is 0 Å². The van der Waals surface area contributed by atoms with Crippen molar-refractivity contribution in [2.75, 3.05) is 25.3 Å². The summed E-state index contributed by atoms with van der Waals surface area (Å²) in [4.78, 5) is 37.4. The molecule has 42 heavy (non-hydrogen) atoms. The molecule has 0 amide bonds. The lowest BCUT2D eigenvalue weighted by atomic mass is 10.0. The fraction of sp³-hybridized carbons (Fsp3) is 0.133. The zero-order chi connectivity index (χ0) is 29.2. The molecule has 0 aliphatic carbocycles. The Morgan fingerprint density at radius 3 is 2.52 bits per heavy atom. The molecule has 0 fully saturated rings. The van der Waals surface area contributed by atoms with E-state index in [4.69, 9.17) is 20.2 Å². The SMILES string of the molecule is COc1cc(-c2cccc3nc([C@@H](C)Nc4nc(N)ncc4-c4cnc(OC)s4)n(-c4ccccc4)c(=O)c23)ccn1. The molecule has 0 saturated carbocycles. The number of thiazole rings is 1. The van der Waals surface area contributed by atoms with E-state index < -0.39 is 6.04 Å². The van der Waals surface area contributed by atoms with Crippen LogP contribution < -0.4 is 26.1 Å². The molecule has 12 heteroatoms. The van der Waals surface area contributed by atoms with Crippen molar-refractivity contribution in [3.05, 3.63) is 95.4 Å². The molecule has 0 spiro atoms. The summed E-state index contributed by atoms with van der Waals surface area (Å²) >= 11 is 1.36. The average Bonchev–Trinajstić information content (AvgIpc) is 3.50. The zero-order valence-corrected chi connectivity index (χ0v) is 23.8. The van der Waals surface area contributed by atoms with E-state index in [1.807, 2.05) is 61.5 Å². The van der Waals surface area contributed by atoms with Gasteiger partial charge in [-0.05, 0) is 42.3 Å². The van der Waals surface area contributed by atoms with Crippen molar-refractivity contribution in [1.82, 2.24) is 29.5 Å². The summed E-state index contributed by atoms with van der Waals surface area (Å²) in [6.07, 6.45) is 4.98. The number of nitrogens with one attached hydrogen (secondary N) is 1. The summed E-state index contributed by atoms with van der Waals surface area (Å²) in [5.41, 5.74) is 9.22. The van der Waals surface area contributed by atoms with Gasteiger partial charge in [0.2, 0.25) is 11.8 Å². The second-order valence-corrected chi connectivity index (χ2v) is 10.3. The number of para-hydroxylation sites is 1.